The summed E-state index contributed by atoms with van der Waals surface area (Å²) in [4.78, 5) is 16.9. The third kappa shape index (κ3) is 3.88. The minimum atomic E-state index is 0.116. The molecule has 1 N–H and O–H groups in total. The van der Waals surface area contributed by atoms with E-state index < -0.39 is 0 Å². The van der Waals surface area contributed by atoms with E-state index in [0.717, 1.165) is 30.2 Å². The van der Waals surface area contributed by atoms with Gasteiger partial charge < -0.3 is 14.5 Å². The Morgan fingerprint density at radius 3 is 2.79 bits per heavy atom. The van der Waals surface area contributed by atoms with Crippen molar-refractivity contribution in [3.05, 3.63) is 59.2 Å². The second-order valence-corrected chi connectivity index (χ2v) is 8.12. The summed E-state index contributed by atoms with van der Waals surface area (Å²) in [5, 5.41) is 2.45. The number of hydrazine groups is 1. The summed E-state index contributed by atoms with van der Waals surface area (Å²) in [7, 11) is 1.61. The van der Waals surface area contributed by atoms with Crippen LogP contribution in [0.5, 0.6) is 5.75 Å². The number of carbonyl (C=O) groups is 1. The zero-order valence-electron chi connectivity index (χ0n) is 15.4. The number of amides is 1. The Hall–Kier alpha value is -2.07. The molecule has 0 unspecified atom stereocenters. The number of rotatable bonds is 4. The van der Waals surface area contributed by atoms with Gasteiger partial charge in [0.25, 0.3) is 0 Å². The number of nitrogens with one attached hydrogen (secondary N) is 1. The SMILES string of the molecule is COc1cc(N2CCN(C(=O)CN3C=C4C(=CC=CN4I)N3)CC2)ccc1Cl. The zero-order chi connectivity index (χ0) is 19.7. The van der Waals surface area contributed by atoms with Gasteiger partial charge in [0.15, 0.2) is 0 Å². The summed E-state index contributed by atoms with van der Waals surface area (Å²) in [6.45, 7) is 3.25. The molecule has 0 bridgehead atoms. The first kappa shape index (κ1) is 19.3. The molecular formula is C19H21ClIN5O2. The number of nitrogens with zero attached hydrogens (tertiary/aromatic N) is 4. The van der Waals surface area contributed by atoms with Crippen molar-refractivity contribution in [2.75, 3.05) is 44.7 Å². The van der Waals surface area contributed by atoms with Crippen molar-refractivity contribution in [1.82, 2.24) is 18.4 Å². The van der Waals surface area contributed by atoms with Gasteiger partial charge in [-0.2, -0.15) is 0 Å². The largest absolute Gasteiger partial charge is 0.495 e. The third-order valence-corrected chi connectivity index (χ3v) is 6.12. The maximum Gasteiger partial charge on any atom is 0.244 e. The van der Waals surface area contributed by atoms with Crippen LogP contribution in [-0.2, 0) is 4.79 Å². The van der Waals surface area contributed by atoms with Crippen LogP contribution in [0, 0.1) is 0 Å². The Balaban J connectivity index is 1.32. The monoisotopic (exact) mass is 513 g/mol. The van der Waals surface area contributed by atoms with Crippen molar-refractivity contribution in [2.24, 2.45) is 0 Å². The molecule has 3 aliphatic rings. The molecule has 1 aromatic rings. The maximum atomic E-state index is 12.7. The van der Waals surface area contributed by atoms with Gasteiger partial charge in [0, 0.05) is 50.3 Å². The molecule has 3 heterocycles. The first-order valence-electron chi connectivity index (χ1n) is 9.00. The molecule has 4 rings (SSSR count). The summed E-state index contributed by atoms with van der Waals surface area (Å²) >= 11 is 8.34. The summed E-state index contributed by atoms with van der Waals surface area (Å²) < 4.78 is 7.31. The van der Waals surface area contributed by atoms with E-state index in [-0.39, 0.29) is 5.91 Å². The molecular weight excluding hydrogens is 493 g/mol. The van der Waals surface area contributed by atoms with Gasteiger partial charge in [0.2, 0.25) is 5.91 Å². The molecule has 1 aromatic carbocycles. The molecule has 0 aliphatic carbocycles. The molecule has 1 amide bonds. The van der Waals surface area contributed by atoms with E-state index in [0.29, 0.717) is 30.4 Å². The van der Waals surface area contributed by atoms with E-state index in [2.05, 4.69) is 33.2 Å². The van der Waals surface area contributed by atoms with E-state index in [1.165, 1.54) is 0 Å². The molecule has 28 heavy (non-hydrogen) atoms. The molecule has 1 saturated heterocycles. The van der Waals surface area contributed by atoms with Crippen LogP contribution in [0.4, 0.5) is 5.69 Å². The first-order chi connectivity index (χ1) is 13.5. The summed E-state index contributed by atoms with van der Waals surface area (Å²) in [5.74, 6) is 0.783. The highest BCUT2D eigenvalue weighted by Crippen LogP contribution is 2.30. The van der Waals surface area contributed by atoms with Crippen molar-refractivity contribution in [1.29, 1.82) is 0 Å². The number of carbonyl (C=O) groups excluding carboxylic acids is 1. The van der Waals surface area contributed by atoms with Crippen LogP contribution in [0.2, 0.25) is 5.02 Å². The number of piperazine rings is 1. The van der Waals surface area contributed by atoms with Gasteiger partial charge in [-0.1, -0.05) is 11.6 Å². The number of methoxy groups -OCH3 is 1. The Morgan fingerprint density at radius 2 is 2.07 bits per heavy atom. The zero-order valence-corrected chi connectivity index (χ0v) is 18.4. The molecule has 1 fully saturated rings. The number of hydrogen-bond acceptors (Lipinski definition) is 6. The van der Waals surface area contributed by atoms with Crippen LogP contribution in [-0.4, -0.2) is 58.8 Å². The van der Waals surface area contributed by atoms with E-state index in [4.69, 9.17) is 16.3 Å². The Bertz CT molecular complexity index is 864. The molecule has 0 aromatic heterocycles. The second-order valence-electron chi connectivity index (χ2n) is 6.67. The van der Waals surface area contributed by atoms with Crippen molar-refractivity contribution < 1.29 is 9.53 Å². The fourth-order valence-corrected chi connectivity index (χ4v) is 4.20. The van der Waals surface area contributed by atoms with Crippen molar-refractivity contribution in [3.63, 3.8) is 0 Å². The smallest absolute Gasteiger partial charge is 0.244 e. The molecule has 3 aliphatic heterocycles. The number of benzene rings is 1. The minimum absolute atomic E-state index is 0.116. The number of anilines is 1. The number of halogens is 2. The van der Waals surface area contributed by atoms with Crippen LogP contribution >= 0.6 is 34.5 Å². The summed E-state index contributed by atoms with van der Waals surface area (Å²) in [6, 6.07) is 5.78. The first-order valence-corrected chi connectivity index (χ1v) is 10.3. The molecule has 0 atom stereocenters. The quantitative estimate of drug-likeness (QED) is 0.494. The molecule has 0 radical (unpaired) electrons. The highest BCUT2D eigenvalue weighted by Gasteiger charge is 2.27. The topological polar surface area (TPSA) is 51.3 Å². The number of allylic oxidation sites excluding steroid dienone is 2. The predicted octanol–water partition coefficient (Wildman–Crippen LogP) is 2.72. The summed E-state index contributed by atoms with van der Waals surface area (Å²) in [6.07, 6.45) is 7.93. The lowest BCUT2D eigenvalue weighted by Crippen LogP contribution is -2.51. The van der Waals surface area contributed by atoms with Crippen molar-refractivity contribution in [2.45, 2.75) is 0 Å². The van der Waals surface area contributed by atoms with E-state index in [1.54, 1.807) is 7.11 Å². The molecule has 7 nitrogen and oxygen atoms in total. The fourth-order valence-electron chi connectivity index (χ4n) is 3.44. The number of ether oxygens (including phenoxy) is 1. The van der Waals surface area contributed by atoms with Crippen LogP contribution in [0.1, 0.15) is 0 Å². The van der Waals surface area contributed by atoms with Gasteiger partial charge in [-0.05, 0) is 24.3 Å². The van der Waals surface area contributed by atoms with Gasteiger partial charge in [0.05, 0.1) is 46.4 Å². The maximum absolute atomic E-state index is 12.7. The van der Waals surface area contributed by atoms with Gasteiger partial charge in [-0.15, -0.1) is 0 Å². The Kier molecular flexibility index (Phi) is 5.58. The van der Waals surface area contributed by atoms with Gasteiger partial charge in [0.1, 0.15) is 12.3 Å². The molecule has 0 spiro atoms. The highest BCUT2D eigenvalue weighted by molar-refractivity contribution is 14.1. The van der Waals surface area contributed by atoms with Crippen LogP contribution in [0.25, 0.3) is 0 Å². The predicted molar refractivity (Wildman–Crippen MR) is 118 cm³/mol. The van der Waals surface area contributed by atoms with Gasteiger partial charge in [-0.3, -0.25) is 18.3 Å². The molecule has 9 heteroatoms. The average Bonchev–Trinajstić information content (AvgIpc) is 3.12. The summed E-state index contributed by atoms with van der Waals surface area (Å²) in [5.41, 5.74) is 6.38. The standard InChI is InChI=1S/C19H21ClIN5O2/c1-28-18-11-14(4-5-15(18)20)23-7-9-24(10-8-23)19(27)13-25-12-17-16(22-25)3-2-6-26(17)21/h2-6,11-12,22H,7-10,13H2,1H3. The number of fused-ring (bicyclic) bond motifs is 1. The van der Waals surface area contributed by atoms with E-state index in [9.17, 15) is 4.79 Å². The highest BCUT2D eigenvalue weighted by atomic mass is 127. The Labute approximate surface area is 183 Å². The minimum Gasteiger partial charge on any atom is -0.495 e. The van der Waals surface area contributed by atoms with Crippen LogP contribution < -0.4 is 15.1 Å². The lowest BCUT2D eigenvalue weighted by atomic mass is 10.2. The van der Waals surface area contributed by atoms with Gasteiger partial charge in [-0.25, -0.2) is 0 Å². The lowest BCUT2D eigenvalue weighted by molar-refractivity contribution is -0.132. The second kappa shape index (κ2) is 8.12. The molecule has 0 saturated carbocycles. The van der Waals surface area contributed by atoms with Crippen molar-refractivity contribution in [3.8, 4) is 5.75 Å². The van der Waals surface area contributed by atoms with Gasteiger partial charge >= 0.3 is 0 Å². The molecule has 148 valence electrons. The van der Waals surface area contributed by atoms with E-state index in [1.807, 2.05) is 55.8 Å². The third-order valence-electron chi connectivity index (χ3n) is 4.97. The van der Waals surface area contributed by atoms with E-state index >= 15 is 0 Å². The normalized spacial score (nSPS) is 18.5. The fraction of sp³-hybridized carbons (Fsp3) is 0.316. The van der Waals surface area contributed by atoms with Crippen LogP contribution in [0.15, 0.2) is 54.1 Å². The van der Waals surface area contributed by atoms with Crippen molar-refractivity contribution >= 4 is 46.1 Å². The average molecular weight is 514 g/mol. The Morgan fingerprint density at radius 1 is 1.29 bits per heavy atom. The number of hydrogen-bond donors (Lipinski definition) is 1. The van der Waals surface area contributed by atoms with Crippen LogP contribution in [0.3, 0.4) is 0 Å². The lowest BCUT2D eigenvalue weighted by Gasteiger charge is -2.36.